The number of carboxylic acids is 2. The molecule has 0 fully saturated rings. The van der Waals surface area contributed by atoms with Crippen LogP contribution >= 0.6 is 0 Å². The van der Waals surface area contributed by atoms with E-state index in [0.717, 1.165) is 0 Å². The lowest BCUT2D eigenvalue weighted by atomic mass is 10.2. The summed E-state index contributed by atoms with van der Waals surface area (Å²) >= 11 is 0. The summed E-state index contributed by atoms with van der Waals surface area (Å²) in [5, 5.41) is 16.9. The van der Waals surface area contributed by atoms with Gasteiger partial charge in [-0.25, -0.2) is 9.78 Å². The number of hydrogen-bond acceptors (Lipinski definition) is 5. The highest BCUT2D eigenvalue weighted by atomic mass is 16.4. The van der Waals surface area contributed by atoms with Crippen LogP contribution in [0.3, 0.4) is 0 Å². The first-order valence-corrected chi connectivity index (χ1v) is 6.33. The van der Waals surface area contributed by atoms with Gasteiger partial charge < -0.3 is 26.2 Å². The SMILES string of the molecule is Cn1cnc(C[C@H](N)C(=O)O)c1.Nc1ccc(C(=O)O)cc1. The highest BCUT2D eigenvalue weighted by Gasteiger charge is 2.12. The van der Waals surface area contributed by atoms with Crippen molar-refractivity contribution in [3.8, 4) is 0 Å². The van der Waals surface area contributed by atoms with Crippen molar-refractivity contribution in [1.82, 2.24) is 9.55 Å². The van der Waals surface area contributed by atoms with E-state index in [4.69, 9.17) is 21.7 Å². The van der Waals surface area contributed by atoms with E-state index in [1.165, 1.54) is 12.1 Å². The molecule has 0 spiro atoms. The molecule has 0 unspecified atom stereocenters. The quantitative estimate of drug-likeness (QED) is 0.596. The summed E-state index contributed by atoms with van der Waals surface area (Å²) in [6.45, 7) is 0. The molecular weight excluding hydrogens is 288 g/mol. The van der Waals surface area contributed by atoms with Crippen molar-refractivity contribution in [1.29, 1.82) is 0 Å². The monoisotopic (exact) mass is 306 g/mol. The number of nitrogens with two attached hydrogens (primary N) is 2. The fraction of sp³-hybridized carbons (Fsp3) is 0.214. The minimum absolute atomic E-state index is 0.259. The van der Waals surface area contributed by atoms with Crippen LogP contribution in [0.25, 0.3) is 0 Å². The maximum atomic E-state index is 10.4. The molecule has 1 atom stereocenters. The van der Waals surface area contributed by atoms with E-state index >= 15 is 0 Å². The molecule has 0 radical (unpaired) electrons. The van der Waals surface area contributed by atoms with Gasteiger partial charge in [-0.15, -0.1) is 0 Å². The standard InChI is InChI=1S/C7H11N3O2.C7H7NO2/c1-10-3-5(9-4-10)2-6(8)7(11)12;8-6-3-1-5(2-4-6)7(9)10/h3-4,6H,2,8H2,1H3,(H,11,12);1-4H,8H2,(H,9,10)/t6-;/m0./s1. The molecule has 1 aromatic carbocycles. The van der Waals surface area contributed by atoms with E-state index < -0.39 is 18.0 Å². The van der Waals surface area contributed by atoms with E-state index in [1.54, 1.807) is 29.2 Å². The molecule has 8 heteroatoms. The molecule has 0 aliphatic heterocycles. The molecule has 118 valence electrons. The number of aryl methyl sites for hydroxylation is 1. The number of imidazole rings is 1. The molecule has 0 bridgehead atoms. The van der Waals surface area contributed by atoms with Gasteiger partial charge in [0.15, 0.2) is 0 Å². The number of aromatic carboxylic acids is 1. The number of hydrogen-bond donors (Lipinski definition) is 4. The van der Waals surface area contributed by atoms with E-state index in [9.17, 15) is 9.59 Å². The topological polar surface area (TPSA) is 144 Å². The van der Waals surface area contributed by atoms with Gasteiger partial charge in [0.25, 0.3) is 0 Å². The second-order valence-electron chi connectivity index (χ2n) is 4.61. The second kappa shape index (κ2) is 7.79. The Balaban J connectivity index is 0.000000224. The van der Waals surface area contributed by atoms with E-state index in [0.29, 0.717) is 11.4 Å². The Morgan fingerprint density at radius 3 is 2.27 bits per heavy atom. The Labute approximate surface area is 127 Å². The van der Waals surface area contributed by atoms with E-state index in [-0.39, 0.29) is 12.0 Å². The number of aliphatic carboxylic acids is 1. The lowest BCUT2D eigenvalue weighted by molar-refractivity contribution is -0.138. The van der Waals surface area contributed by atoms with Crippen molar-refractivity contribution in [2.24, 2.45) is 12.8 Å². The maximum Gasteiger partial charge on any atom is 0.335 e. The Bertz CT molecular complexity index is 637. The van der Waals surface area contributed by atoms with Crippen molar-refractivity contribution in [3.05, 3.63) is 48.0 Å². The van der Waals surface area contributed by atoms with Crippen molar-refractivity contribution in [3.63, 3.8) is 0 Å². The number of carboxylic acid groups (broad SMARTS) is 2. The Morgan fingerprint density at radius 1 is 1.27 bits per heavy atom. The lowest BCUT2D eigenvalue weighted by Gasteiger charge is -2.01. The Kier molecular flexibility index (Phi) is 6.09. The van der Waals surface area contributed by atoms with Gasteiger partial charge in [0.05, 0.1) is 17.6 Å². The van der Waals surface area contributed by atoms with Gasteiger partial charge in [-0.05, 0) is 24.3 Å². The number of rotatable bonds is 4. The predicted molar refractivity (Wildman–Crippen MR) is 80.3 cm³/mol. The first-order chi connectivity index (χ1) is 10.3. The average molecular weight is 306 g/mol. The summed E-state index contributed by atoms with van der Waals surface area (Å²) in [6.07, 6.45) is 3.64. The highest BCUT2D eigenvalue weighted by molar-refractivity contribution is 5.87. The minimum Gasteiger partial charge on any atom is -0.480 e. The fourth-order valence-electron chi connectivity index (χ4n) is 1.51. The number of benzene rings is 1. The summed E-state index contributed by atoms with van der Waals surface area (Å²) in [7, 11) is 1.82. The smallest absolute Gasteiger partial charge is 0.335 e. The number of nitrogen functional groups attached to an aromatic ring is 1. The number of aromatic nitrogens is 2. The van der Waals surface area contributed by atoms with Crippen LogP contribution in [-0.2, 0) is 18.3 Å². The summed E-state index contributed by atoms with van der Waals surface area (Å²) in [4.78, 5) is 24.6. The van der Waals surface area contributed by atoms with Crippen LogP contribution in [0.1, 0.15) is 16.1 Å². The van der Waals surface area contributed by atoms with Crippen LogP contribution in [0.15, 0.2) is 36.8 Å². The van der Waals surface area contributed by atoms with Crippen molar-refractivity contribution >= 4 is 17.6 Å². The van der Waals surface area contributed by atoms with E-state index in [2.05, 4.69) is 4.98 Å². The normalized spacial score (nSPS) is 11.2. The maximum absolute atomic E-state index is 10.4. The predicted octanol–water partition coefficient (Wildman–Crippen LogP) is 0.342. The summed E-state index contributed by atoms with van der Waals surface area (Å²) in [6, 6.07) is 5.20. The molecular formula is C14H18N4O4. The van der Waals surface area contributed by atoms with Crippen LogP contribution in [0.4, 0.5) is 5.69 Å². The van der Waals surface area contributed by atoms with Gasteiger partial charge in [0.2, 0.25) is 0 Å². The molecule has 8 nitrogen and oxygen atoms in total. The third kappa shape index (κ3) is 5.63. The molecule has 6 N–H and O–H groups in total. The van der Waals surface area contributed by atoms with Crippen LogP contribution in [0.5, 0.6) is 0 Å². The lowest BCUT2D eigenvalue weighted by Crippen LogP contribution is -2.32. The molecule has 1 heterocycles. The molecule has 22 heavy (non-hydrogen) atoms. The molecule has 0 aliphatic rings. The Hall–Kier alpha value is -2.87. The van der Waals surface area contributed by atoms with Gasteiger partial charge in [0, 0.05) is 25.4 Å². The van der Waals surface area contributed by atoms with Crippen LogP contribution in [0, 0.1) is 0 Å². The largest absolute Gasteiger partial charge is 0.480 e. The number of nitrogens with zero attached hydrogens (tertiary/aromatic N) is 2. The summed E-state index contributed by atoms with van der Waals surface area (Å²) < 4.78 is 1.75. The molecule has 0 aliphatic carbocycles. The second-order valence-corrected chi connectivity index (χ2v) is 4.61. The molecule has 0 amide bonds. The molecule has 1 aromatic heterocycles. The zero-order chi connectivity index (χ0) is 16.7. The zero-order valence-electron chi connectivity index (χ0n) is 12.0. The number of anilines is 1. The van der Waals surface area contributed by atoms with Crippen LogP contribution in [-0.4, -0.2) is 37.7 Å². The first-order valence-electron chi connectivity index (χ1n) is 6.33. The van der Waals surface area contributed by atoms with Crippen molar-refractivity contribution in [2.45, 2.75) is 12.5 Å². The molecule has 0 saturated heterocycles. The van der Waals surface area contributed by atoms with Crippen molar-refractivity contribution in [2.75, 3.05) is 5.73 Å². The zero-order valence-corrected chi connectivity index (χ0v) is 12.0. The minimum atomic E-state index is -0.999. The van der Waals surface area contributed by atoms with Gasteiger partial charge in [-0.3, -0.25) is 4.79 Å². The average Bonchev–Trinajstić information content (AvgIpc) is 2.85. The van der Waals surface area contributed by atoms with Crippen LogP contribution in [0.2, 0.25) is 0 Å². The van der Waals surface area contributed by atoms with Crippen LogP contribution < -0.4 is 11.5 Å². The molecule has 2 rings (SSSR count). The fourth-order valence-corrected chi connectivity index (χ4v) is 1.51. The van der Waals surface area contributed by atoms with Crippen molar-refractivity contribution < 1.29 is 19.8 Å². The van der Waals surface area contributed by atoms with Gasteiger partial charge in [-0.1, -0.05) is 0 Å². The van der Waals surface area contributed by atoms with Gasteiger partial charge >= 0.3 is 11.9 Å². The van der Waals surface area contributed by atoms with E-state index in [1.807, 2.05) is 7.05 Å². The molecule has 2 aromatic rings. The third-order valence-electron chi connectivity index (χ3n) is 2.66. The third-order valence-corrected chi connectivity index (χ3v) is 2.66. The van der Waals surface area contributed by atoms with Gasteiger partial charge in [-0.2, -0.15) is 0 Å². The molecule has 0 saturated carbocycles. The first kappa shape index (κ1) is 17.2. The highest BCUT2D eigenvalue weighted by Crippen LogP contribution is 2.04. The summed E-state index contributed by atoms with van der Waals surface area (Å²) in [5.74, 6) is -1.93. The Morgan fingerprint density at radius 2 is 1.86 bits per heavy atom. The summed E-state index contributed by atoms with van der Waals surface area (Å²) in [5.41, 5.74) is 12.2. The number of carbonyl (C=O) groups is 2. The van der Waals surface area contributed by atoms with Gasteiger partial charge in [0.1, 0.15) is 6.04 Å².